The molecule has 0 aliphatic carbocycles. The molecule has 1 N–H and O–H groups in total. The first kappa shape index (κ1) is 19.2. The molecule has 0 saturated heterocycles. The topological polar surface area (TPSA) is 70.5 Å². The third kappa shape index (κ3) is 4.31. The fourth-order valence-corrected chi connectivity index (χ4v) is 3.18. The van der Waals surface area contributed by atoms with Crippen LogP contribution in [0.3, 0.4) is 0 Å². The lowest BCUT2D eigenvalue weighted by molar-refractivity contribution is 0.476. The molecule has 29 heavy (non-hydrogen) atoms. The van der Waals surface area contributed by atoms with Gasteiger partial charge in [-0.05, 0) is 47.2 Å². The predicted octanol–water partition coefficient (Wildman–Crippen LogP) is 7.48. The zero-order chi connectivity index (χ0) is 20.2. The van der Waals surface area contributed by atoms with Crippen molar-refractivity contribution in [3.8, 4) is 5.75 Å². The van der Waals surface area contributed by atoms with Crippen molar-refractivity contribution in [1.82, 2.24) is 0 Å². The average molecular weight is 424 g/mol. The Morgan fingerprint density at radius 2 is 1.76 bits per heavy atom. The maximum absolute atomic E-state index is 10.8. The van der Waals surface area contributed by atoms with E-state index in [4.69, 9.17) is 27.6 Å². The Bertz CT molecular complexity index is 1220. The first-order chi connectivity index (χ1) is 14.1. The van der Waals surface area contributed by atoms with Gasteiger partial charge in [0.1, 0.15) is 17.1 Å². The second-order valence-corrected chi connectivity index (χ2v) is 7.07. The van der Waals surface area contributed by atoms with Gasteiger partial charge in [0.15, 0.2) is 5.75 Å². The van der Waals surface area contributed by atoms with Crippen LogP contribution in [0.2, 0.25) is 10.0 Å². The summed E-state index contributed by atoms with van der Waals surface area (Å²) in [6, 6.07) is 18.0. The molecule has 0 amide bonds. The minimum Gasteiger partial charge on any atom is -0.505 e. The monoisotopic (exact) mass is 423 g/mol. The van der Waals surface area contributed by atoms with Gasteiger partial charge in [-0.25, -0.2) is 0 Å². The number of hydrogen-bond donors (Lipinski definition) is 1. The largest absolute Gasteiger partial charge is 0.505 e. The number of phenolic OH excluding ortho intramolecular Hbond substituents is 1. The first-order valence-electron chi connectivity index (χ1n) is 8.75. The number of furan rings is 1. The molecule has 0 fully saturated rings. The van der Waals surface area contributed by atoms with Gasteiger partial charge < -0.3 is 9.52 Å². The molecule has 1 heterocycles. The van der Waals surface area contributed by atoms with E-state index in [0.29, 0.717) is 33.5 Å². The van der Waals surface area contributed by atoms with E-state index in [-0.39, 0.29) is 5.75 Å². The number of azo groups is 1. The lowest BCUT2D eigenvalue weighted by Gasteiger charge is -2.08. The summed E-state index contributed by atoms with van der Waals surface area (Å²) in [5.41, 5.74) is 1.28. The zero-order valence-electron chi connectivity index (χ0n) is 15.1. The minimum atomic E-state index is -0.0196. The molecule has 0 radical (unpaired) electrons. The van der Waals surface area contributed by atoms with Crippen molar-refractivity contribution in [2.75, 3.05) is 0 Å². The third-order valence-corrected chi connectivity index (χ3v) is 4.82. The minimum absolute atomic E-state index is 0.0196. The molecule has 0 bridgehead atoms. The number of phenols is 1. The molecule has 1 aromatic heterocycles. The highest BCUT2D eigenvalue weighted by Gasteiger charge is 2.11. The van der Waals surface area contributed by atoms with Crippen molar-refractivity contribution in [3.63, 3.8) is 0 Å². The Balaban J connectivity index is 1.74. The molecule has 4 rings (SSSR count). The van der Waals surface area contributed by atoms with Crippen LogP contribution in [0.5, 0.6) is 5.75 Å². The fourth-order valence-electron chi connectivity index (χ4n) is 2.86. The van der Waals surface area contributed by atoms with Gasteiger partial charge in [-0.1, -0.05) is 47.5 Å². The van der Waals surface area contributed by atoms with Gasteiger partial charge >= 0.3 is 0 Å². The Hall–Kier alpha value is -3.15. The summed E-state index contributed by atoms with van der Waals surface area (Å²) in [6.07, 6.45) is 3.21. The fraction of sp³-hybridized carbons (Fsp3) is 0.0455. The highest BCUT2D eigenvalue weighted by molar-refractivity contribution is 6.35. The van der Waals surface area contributed by atoms with Crippen LogP contribution < -0.4 is 0 Å². The molecule has 0 aliphatic rings. The number of hydrogen-bond acceptors (Lipinski definition) is 5. The number of aliphatic imine (C=N–C) groups is 1. The van der Waals surface area contributed by atoms with Crippen molar-refractivity contribution in [3.05, 3.63) is 88.3 Å². The molecule has 0 spiro atoms. The standard InChI is InChI=1S/C22H15Cl2N3O2/c23-15-7-8-19(24)20(11-15)26-27-21-10-14-4-1-2-6-17(14)18(22(21)28)13-25-12-16-5-3-9-29-16/h1-11,13,28H,12H2. The normalized spacial score (nSPS) is 11.8. The molecule has 4 aromatic rings. The van der Waals surface area contributed by atoms with Crippen LogP contribution in [0, 0.1) is 0 Å². The van der Waals surface area contributed by atoms with Crippen molar-refractivity contribution < 1.29 is 9.52 Å². The van der Waals surface area contributed by atoms with Crippen LogP contribution >= 0.6 is 23.2 Å². The van der Waals surface area contributed by atoms with E-state index in [0.717, 1.165) is 16.5 Å². The van der Waals surface area contributed by atoms with Crippen LogP contribution in [0.15, 0.2) is 86.6 Å². The SMILES string of the molecule is Oc1c(N=Nc2cc(Cl)ccc2Cl)cc2ccccc2c1C=NCc1ccco1. The summed E-state index contributed by atoms with van der Waals surface area (Å²) in [4.78, 5) is 4.39. The van der Waals surface area contributed by atoms with Crippen LogP contribution in [-0.4, -0.2) is 11.3 Å². The molecular weight excluding hydrogens is 409 g/mol. The average Bonchev–Trinajstić information content (AvgIpc) is 3.24. The molecule has 0 saturated carbocycles. The molecule has 0 unspecified atom stereocenters. The van der Waals surface area contributed by atoms with Crippen molar-refractivity contribution in [2.24, 2.45) is 15.2 Å². The molecule has 144 valence electrons. The Kier molecular flexibility index (Phi) is 5.60. The number of rotatable bonds is 5. The summed E-state index contributed by atoms with van der Waals surface area (Å²) >= 11 is 12.1. The summed E-state index contributed by atoms with van der Waals surface area (Å²) in [7, 11) is 0. The Labute approximate surface area is 176 Å². The summed E-state index contributed by atoms with van der Waals surface area (Å²) in [6.45, 7) is 0.366. The zero-order valence-corrected chi connectivity index (χ0v) is 16.6. The van der Waals surface area contributed by atoms with Gasteiger partial charge in [-0.3, -0.25) is 4.99 Å². The highest BCUT2D eigenvalue weighted by atomic mass is 35.5. The van der Waals surface area contributed by atoms with Gasteiger partial charge in [0.2, 0.25) is 0 Å². The molecular formula is C22H15Cl2N3O2. The highest BCUT2D eigenvalue weighted by Crippen LogP contribution is 2.38. The Morgan fingerprint density at radius 3 is 2.59 bits per heavy atom. The van der Waals surface area contributed by atoms with Crippen LogP contribution in [0.4, 0.5) is 11.4 Å². The van der Waals surface area contributed by atoms with Crippen molar-refractivity contribution in [1.29, 1.82) is 0 Å². The van der Waals surface area contributed by atoms with Gasteiger partial charge in [0.25, 0.3) is 0 Å². The van der Waals surface area contributed by atoms with Crippen LogP contribution in [-0.2, 0) is 6.54 Å². The summed E-state index contributed by atoms with van der Waals surface area (Å²) in [5.74, 6) is 0.713. The van der Waals surface area contributed by atoms with Crippen LogP contribution in [0.25, 0.3) is 10.8 Å². The van der Waals surface area contributed by atoms with Gasteiger partial charge in [0.05, 0.1) is 17.8 Å². The maximum atomic E-state index is 10.8. The lowest BCUT2D eigenvalue weighted by Crippen LogP contribution is -1.88. The van der Waals surface area contributed by atoms with E-state index in [1.165, 1.54) is 0 Å². The summed E-state index contributed by atoms with van der Waals surface area (Å²) < 4.78 is 5.29. The van der Waals surface area contributed by atoms with Crippen molar-refractivity contribution in [2.45, 2.75) is 6.54 Å². The number of nitrogens with zero attached hydrogens (tertiary/aromatic N) is 3. The maximum Gasteiger partial charge on any atom is 0.152 e. The van der Waals surface area contributed by atoms with E-state index in [1.54, 1.807) is 42.8 Å². The molecule has 0 atom stereocenters. The van der Waals surface area contributed by atoms with E-state index in [1.807, 2.05) is 30.3 Å². The third-order valence-electron chi connectivity index (χ3n) is 4.26. The first-order valence-corrected chi connectivity index (χ1v) is 9.51. The molecule has 0 aliphatic heterocycles. The van der Waals surface area contributed by atoms with E-state index in [2.05, 4.69) is 15.2 Å². The number of aromatic hydroxyl groups is 1. The number of benzene rings is 3. The summed E-state index contributed by atoms with van der Waals surface area (Å²) in [5, 5.41) is 21.8. The quantitative estimate of drug-likeness (QED) is 0.266. The predicted molar refractivity (Wildman–Crippen MR) is 116 cm³/mol. The number of fused-ring (bicyclic) bond motifs is 1. The number of halogens is 2. The Morgan fingerprint density at radius 1 is 0.931 bits per heavy atom. The molecule has 5 nitrogen and oxygen atoms in total. The second-order valence-electron chi connectivity index (χ2n) is 6.22. The van der Waals surface area contributed by atoms with Gasteiger partial charge in [-0.2, -0.15) is 0 Å². The van der Waals surface area contributed by atoms with Gasteiger partial charge in [0, 0.05) is 16.8 Å². The van der Waals surface area contributed by atoms with Crippen LogP contribution in [0.1, 0.15) is 11.3 Å². The molecule has 7 heteroatoms. The van der Waals surface area contributed by atoms with E-state index >= 15 is 0 Å². The second kappa shape index (κ2) is 8.47. The molecule has 3 aromatic carbocycles. The van der Waals surface area contributed by atoms with E-state index < -0.39 is 0 Å². The lowest BCUT2D eigenvalue weighted by atomic mass is 10.0. The van der Waals surface area contributed by atoms with Gasteiger partial charge in [-0.15, -0.1) is 10.2 Å². The van der Waals surface area contributed by atoms with Crippen molar-refractivity contribution >= 4 is 51.6 Å². The smallest absolute Gasteiger partial charge is 0.152 e. The van der Waals surface area contributed by atoms with E-state index in [9.17, 15) is 5.11 Å².